The van der Waals surface area contributed by atoms with E-state index in [1.54, 1.807) is 33.8 Å². The summed E-state index contributed by atoms with van der Waals surface area (Å²) in [6.45, 7) is 7.10. The maximum atomic E-state index is 12.3. The van der Waals surface area contributed by atoms with Gasteiger partial charge in [-0.3, -0.25) is 9.59 Å². The summed E-state index contributed by atoms with van der Waals surface area (Å²) in [4.78, 5) is 29.3. The summed E-state index contributed by atoms with van der Waals surface area (Å²) in [6.07, 6.45) is 1.56. The fraction of sp³-hybridized carbons (Fsp3) is 0.476. The summed E-state index contributed by atoms with van der Waals surface area (Å²) < 4.78 is 29.1. The molecule has 1 atom stereocenters. The van der Waals surface area contributed by atoms with Crippen molar-refractivity contribution in [3.8, 4) is 10.4 Å². The Morgan fingerprint density at radius 1 is 1.31 bits per heavy atom. The van der Waals surface area contributed by atoms with Crippen LogP contribution in [0.4, 0.5) is 5.13 Å². The van der Waals surface area contributed by atoms with E-state index in [0.717, 1.165) is 11.1 Å². The Bertz CT molecular complexity index is 1110. The topological polar surface area (TPSA) is 128 Å². The quantitative estimate of drug-likeness (QED) is 0.524. The maximum Gasteiger partial charge on any atom is 0.307 e. The first kappa shape index (κ1) is 26.2. The number of anilines is 1. The van der Waals surface area contributed by atoms with Gasteiger partial charge in [-0.15, -0.1) is 0 Å². The van der Waals surface area contributed by atoms with Gasteiger partial charge in [0.15, 0.2) is 15.0 Å². The number of carbonyl (C=O) groups is 2. The van der Waals surface area contributed by atoms with Gasteiger partial charge >= 0.3 is 5.97 Å². The lowest BCUT2D eigenvalue weighted by Crippen LogP contribution is -2.30. The zero-order valence-electron chi connectivity index (χ0n) is 18.7. The van der Waals surface area contributed by atoms with E-state index in [1.807, 2.05) is 0 Å². The molecule has 0 aliphatic carbocycles. The van der Waals surface area contributed by atoms with Gasteiger partial charge in [0.1, 0.15) is 5.60 Å². The molecule has 0 saturated carbocycles. The van der Waals surface area contributed by atoms with E-state index in [-0.39, 0.29) is 28.7 Å². The molecule has 176 valence electrons. The number of carbonyl (C=O) groups excluding carboxylic acids is 2. The fourth-order valence-electron chi connectivity index (χ4n) is 2.84. The number of rotatable bonds is 8. The zero-order chi connectivity index (χ0) is 24.3. The van der Waals surface area contributed by atoms with Crippen LogP contribution in [0.2, 0.25) is 5.02 Å². The van der Waals surface area contributed by atoms with Crippen LogP contribution in [-0.2, 0) is 24.2 Å². The second kappa shape index (κ2) is 10.3. The Kier molecular flexibility index (Phi) is 8.44. The van der Waals surface area contributed by atoms with E-state index in [0.29, 0.717) is 22.8 Å². The third kappa shape index (κ3) is 7.84. The van der Waals surface area contributed by atoms with E-state index in [9.17, 15) is 18.0 Å². The highest BCUT2D eigenvalue weighted by Gasteiger charge is 2.20. The molecule has 32 heavy (non-hydrogen) atoms. The number of aromatic nitrogens is 1. The Hall–Kier alpha value is -2.01. The number of aryl methyl sites for hydroxylation is 1. The molecular formula is C21H28ClN3O5S2. The average Bonchev–Trinajstić information content (AvgIpc) is 2.97. The molecule has 1 amide bonds. The molecule has 0 fully saturated rings. The molecule has 11 heteroatoms. The highest BCUT2D eigenvalue weighted by Crippen LogP contribution is 2.35. The van der Waals surface area contributed by atoms with Gasteiger partial charge in [-0.1, -0.05) is 29.0 Å². The van der Waals surface area contributed by atoms with E-state index >= 15 is 0 Å². The molecule has 0 saturated heterocycles. The molecule has 0 aliphatic heterocycles. The van der Waals surface area contributed by atoms with Crippen molar-refractivity contribution in [3.63, 3.8) is 0 Å². The lowest BCUT2D eigenvalue weighted by atomic mass is 10.1. The minimum absolute atomic E-state index is 0.0320. The molecule has 1 aromatic heterocycles. The number of nitrogens with zero attached hydrogens (tertiary/aromatic N) is 1. The number of halogens is 1. The predicted octanol–water partition coefficient (Wildman–Crippen LogP) is 3.95. The summed E-state index contributed by atoms with van der Waals surface area (Å²) >= 11 is 7.25. The standard InChI is InChI=1S/C21H28ClN3O5S2/c1-12-19(13-6-8-15(22)16(10-13)32(5,28)29)31-20(24-12)25-17(26)9-7-14(23)11-18(27)30-21(2,3)4/h6,8,10,14H,7,9,11,23H2,1-5H3,(H,24,25,26). The third-order valence-electron chi connectivity index (χ3n) is 4.23. The van der Waals surface area contributed by atoms with Gasteiger partial charge in [0.25, 0.3) is 0 Å². The third-order valence-corrected chi connectivity index (χ3v) is 6.93. The number of nitrogens with two attached hydrogens (primary N) is 1. The number of hydrogen-bond acceptors (Lipinski definition) is 8. The lowest BCUT2D eigenvalue weighted by molar-refractivity contribution is -0.155. The molecule has 0 bridgehead atoms. The van der Waals surface area contributed by atoms with E-state index in [4.69, 9.17) is 22.1 Å². The number of amides is 1. The smallest absolute Gasteiger partial charge is 0.307 e. The number of nitrogens with one attached hydrogen (secondary N) is 1. The number of sulfone groups is 1. The molecule has 0 radical (unpaired) electrons. The van der Waals surface area contributed by atoms with Crippen molar-refractivity contribution in [1.29, 1.82) is 0 Å². The molecule has 0 aliphatic rings. The van der Waals surface area contributed by atoms with Crippen LogP contribution in [0.3, 0.4) is 0 Å². The molecule has 0 spiro atoms. The summed E-state index contributed by atoms with van der Waals surface area (Å²) in [5, 5.41) is 3.26. The largest absolute Gasteiger partial charge is 0.460 e. The number of thiazole rings is 1. The van der Waals surface area contributed by atoms with Crippen molar-refractivity contribution in [2.75, 3.05) is 11.6 Å². The van der Waals surface area contributed by atoms with E-state index in [1.165, 1.54) is 23.5 Å². The molecule has 8 nitrogen and oxygen atoms in total. The lowest BCUT2D eigenvalue weighted by Gasteiger charge is -2.20. The van der Waals surface area contributed by atoms with Gasteiger partial charge in [-0.05, 0) is 51.8 Å². The van der Waals surface area contributed by atoms with Gasteiger partial charge in [0.2, 0.25) is 5.91 Å². The van der Waals surface area contributed by atoms with Crippen LogP contribution in [0.1, 0.15) is 45.7 Å². The van der Waals surface area contributed by atoms with Crippen molar-refractivity contribution in [2.24, 2.45) is 5.73 Å². The van der Waals surface area contributed by atoms with E-state index in [2.05, 4.69) is 10.3 Å². The number of benzene rings is 1. The molecule has 2 aromatic rings. The highest BCUT2D eigenvalue weighted by atomic mass is 35.5. The minimum Gasteiger partial charge on any atom is -0.460 e. The van der Waals surface area contributed by atoms with Crippen LogP contribution in [-0.4, -0.2) is 43.2 Å². The summed E-state index contributed by atoms with van der Waals surface area (Å²) in [6, 6.07) is 4.24. The first-order valence-electron chi connectivity index (χ1n) is 9.90. The second-order valence-electron chi connectivity index (χ2n) is 8.49. The zero-order valence-corrected chi connectivity index (χ0v) is 21.1. The van der Waals surface area contributed by atoms with Crippen LogP contribution in [0, 0.1) is 6.92 Å². The normalized spacial score (nSPS) is 13.0. The molecule has 3 N–H and O–H groups in total. The van der Waals surface area contributed by atoms with Gasteiger partial charge in [0.05, 0.1) is 26.9 Å². The molecule has 2 rings (SSSR count). The van der Waals surface area contributed by atoms with E-state index < -0.39 is 27.4 Å². The minimum atomic E-state index is -3.49. The van der Waals surface area contributed by atoms with Crippen LogP contribution >= 0.6 is 22.9 Å². The SMILES string of the molecule is Cc1nc(NC(=O)CCC(N)CC(=O)OC(C)(C)C)sc1-c1ccc(Cl)c(S(C)(=O)=O)c1. The highest BCUT2D eigenvalue weighted by molar-refractivity contribution is 7.90. The van der Waals surface area contributed by atoms with Crippen molar-refractivity contribution in [2.45, 2.75) is 63.5 Å². The van der Waals surface area contributed by atoms with Crippen LogP contribution in [0.15, 0.2) is 23.1 Å². The fourth-order valence-corrected chi connectivity index (χ4v) is 5.12. The molecule has 1 heterocycles. The Morgan fingerprint density at radius 3 is 2.56 bits per heavy atom. The van der Waals surface area contributed by atoms with Crippen molar-refractivity contribution in [3.05, 3.63) is 28.9 Å². The average molecular weight is 502 g/mol. The van der Waals surface area contributed by atoms with Gasteiger partial charge in [-0.25, -0.2) is 13.4 Å². The number of ether oxygens (including phenoxy) is 1. The van der Waals surface area contributed by atoms with Gasteiger partial charge in [-0.2, -0.15) is 0 Å². The molecule has 1 unspecified atom stereocenters. The second-order valence-corrected chi connectivity index (χ2v) is 11.9. The van der Waals surface area contributed by atoms with Gasteiger partial charge in [0, 0.05) is 18.7 Å². The maximum absolute atomic E-state index is 12.3. The van der Waals surface area contributed by atoms with Crippen LogP contribution in [0.25, 0.3) is 10.4 Å². The summed E-state index contributed by atoms with van der Waals surface area (Å²) in [5.74, 6) is -0.681. The van der Waals surface area contributed by atoms with Crippen molar-refractivity contribution in [1.82, 2.24) is 4.98 Å². The van der Waals surface area contributed by atoms with Crippen molar-refractivity contribution >= 4 is 49.8 Å². The number of hydrogen-bond donors (Lipinski definition) is 2. The Balaban J connectivity index is 2.00. The van der Waals surface area contributed by atoms with Crippen molar-refractivity contribution < 1.29 is 22.7 Å². The predicted molar refractivity (Wildman–Crippen MR) is 127 cm³/mol. The first-order chi connectivity index (χ1) is 14.7. The monoisotopic (exact) mass is 501 g/mol. The van der Waals surface area contributed by atoms with Crippen LogP contribution < -0.4 is 11.1 Å². The van der Waals surface area contributed by atoms with Crippen LogP contribution in [0.5, 0.6) is 0 Å². The molecule has 1 aromatic carbocycles. The Morgan fingerprint density at radius 2 is 1.97 bits per heavy atom. The molecular weight excluding hydrogens is 474 g/mol. The summed E-state index contributed by atoms with van der Waals surface area (Å²) in [5.41, 5.74) is 6.65. The van der Waals surface area contributed by atoms with Gasteiger partial charge < -0.3 is 15.8 Å². The first-order valence-corrected chi connectivity index (χ1v) is 13.0. The Labute approximate surface area is 197 Å². The summed E-state index contributed by atoms with van der Waals surface area (Å²) in [7, 11) is -3.49. The number of esters is 1.